The van der Waals surface area contributed by atoms with Crippen LogP contribution in [0.4, 0.5) is 5.69 Å². The van der Waals surface area contributed by atoms with Gasteiger partial charge in [0.1, 0.15) is 0 Å². The van der Waals surface area contributed by atoms with Gasteiger partial charge in [0.2, 0.25) is 17.6 Å². The highest BCUT2D eigenvalue weighted by atomic mass is 32.2. The maximum atomic E-state index is 12.5. The Morgan fingerprint density at radius 1 is 1.12 bits per heavy atom. The lowest BCUT2D eigenvalue weighted by Crippen LogP contribution is -2.48. The molecule has 0 unspecified atom stereocenters. The van der Waals surface area contributed by atoms with Crippen LogP contribution in [-0.2, 0) is 11.3 Å². The van der Waals surface area contributed by atoms with Crippen LogP contribution in [0.1, 0.15) is 11.5 Å². The fourth-order valence-corrected chi connectivity index (χ4v) is 4.30. The number of nitro groups is 1. The summed E-state index contributed by atoms with van der Waals surface area (Å²) in [6.07, 6.45) is 0. The van der Waals surface area contributed by atoms with Crippen molar-refractivity contribution >= 4 is 23.4 Å². The monoisotopic (exact) mass is 453 g/mol. The number of nitro benzene ring substituents is 1. The first-order valence-electron chi connectivity index (χ1n) is 10.3. The summed E-state index contributed by atoms with van der Waals surface area (Å²) in [4.78, 5) is 32.2. The second kappa shape index (κ2) is 9.92. The predicted octanol–water partition coefficient (Wildman–Crippen LogP) is 3.39. The van der Waals surface area contributed by atoms with E-state index in [1.54, 1.807) is 12.1 Å². The molecule has 1 amide bonds. The normalized spacial score (nSPS) is 14.5. The molecule has 10 heteroatoms. The van der Waals surface area contributed by atoms with E-state index in [-0.39, 0.29) is 11.6 Å². The molecule has 32 heavy (non-hydrogen) atoms. The van der Waals surface area contributed by atoms with Crippen LogP contribution in [-0.4, -0.2) is 62.7 Å². The molecule has 2 heterocycles. The number of benzene rings is 2. The molecule has 0 saturated carbocycles. The summed E-state index contributed by atoms with van der Waals surface area (Å²) in [5, 5.41) is 14.8. The van der Waals surface area contributed by atoms with Gasteiger partial charge in [0, 0.05) is 48.8 Å². The van der Waals surface area contributed by atoms with Gasteiger partial charge in [0.25, 0.3) is 5.69 Å². The Hall–Kier alpha value is -3.24. The van der Waals surface area contributed by atoms with E-state index < -0.39 is 4.92 Å². The van der Waals surface area contributed by atoms with E-state index in [4.69, 9.17) is 4.52 Å². The maximum Gasteiger partial charge on any atom is 0.269 e. The van der Waals surface area contributed by atoms with Crippen molar-refractivity contribution in [3.05, 3.63) is 70.1 Å². The molecule has 1 fully saturated rings. The summed E-state index contributed by atoms with van der Waals surface area (Å²) >= 11 is 1.39. The Balaban J connectivity index is 1.24. The van der Waals surface area contributed by atoms with Crippen molar-refractivity contribution in [2.45, 2.75) is 18.4 Å². The van der Waals surface area contributed by atoms with Crippen LogP contribution in [0.25, 0.3) is 11.4 Å². The van der Waals surface area contributed by atoms with Gasteiger partial charge >= 0.3 is 0 Å². The van der Waals surface area contributed by atoms with Gasteiger partial charge in [0.05, 0.1) is 17.2 Å². The van der Waals surface area contributed by atoms with Crippen molar-refractivity contribution in [3.8, 4) is 11.4 Å². The quantitative estimate of drug-likeness (QED) is 0.304. The smallest absolute Gasteiger partial charge is 0.269 e. The van der Waals surface area contributed by atoms with Crippen molar-refractivity contribution in [1.82, 2.24) is 19.9 Å². The summed E-state index contributed by atoms with van der Waals surface area (Å²) in [6, 6.07) is 14.2. The molecule has 1 saturated heterocycles. The lowest BCUT2D eigenvalue weighted by atomic mass is 10.1. The minimum absolute atomic E-state index is 0.0454. The number of piperazine rings is 1. The lowest BCUT2D eigenvalue weighted by Gasteiger charge is -2.33. The number of amides is 1. The predicted molar refractivity (Wildman–Crippen MR) is 120 cm³/mol. The first-order valence-corrected chi connectivity index (χ1v) is 11.2. The molecule has 0 radical (unpaired) electrons. The highest BCUT2D eigenvalue weighted by molar-refractivity contribution is 8.00. The zero-order valence-corrected chi connectivity index (χ0v) is 18.5. The average Bonchev–Trinajstić information content (AvgIpc) is 3.26. The van der Waals surface area contributed by atoms with E-state index in [1.807, 2.05) is 36.1 Å². The van der Waals surface area contributed by atoms with Crippen LogP contribution in [0.2, 0.25) is 0 Å². The summed E-state index contributed by atoms with van der Waals surface area (Å²) < 4.78 is 5.43. The van der Waals surface area contributed by atoms with Crippen molar-refractivity contribution in [2.75, 3.05) is 31.9 Å². The molecular weight excluding hydrogens is 430 g/mol. The Morgan fingerprint density at radius 3 is 2.53 bits per heavy atom. The summed E-state index contributed by atoms with van der Waals surface area (Å²) in [7, 11) is 0. The van der Waals surface area contributed by atoms with E-state index in [0.717, 1.165) is 29.1 Å². The van der Waals surface area contributed by atoms with Crippen molar-refractivity contribution in [2.24, 2.45) is 0 Å². The third-order valence-corrected chi connectivity index (χ3v) is 6.34. The number of nitrogens with zero attached hydrogens (tertiary/aromatic N) is 5. The number of carbonyl (C=O) groups is 1. The standard InChI is InChI=1S/C22H23N5O4S/c1-16-4-2-3-5-19(16)22-23-20(31-24-22)14-25-10-12-26(13-11-25)21(28)15-32-18-8-6-17(7-9-18)27(29)30/h2-9H,10-15H2,1H3. The topological polar surface area (TPSA) is 106 Å². The molecule has 3 aromatic rings. The lowest BCUT2D eigenvalue weighted by molar-refractivity contribution is -0.384. The molecule has 4 rings (SSSR count). The van der Waals surface area contributed by atoms with Gasteiger partial charge in [-0.1, -0.05) is 29.4 Å². The van der Waals surface area contributed by atoms with Crippen molar-refractivity contribution in [1.29, 1.82) is 0 Å². The van der Waals surface area contributed by atoms with Crippen LogP contribution >= 0.6 is 11.8 Å². The van der Waals surface area contributed by atoms with Crippen LogP contribution in [0.3, 0.4) is 0 Å². The van der Waals surface area contributed by atoms with Gasteiger partial charge in [-0.2, -0.15) is 4.98 Å². The third kappa shape index (κ3) is 5.32. The fraction of sp³-hybridized carbons (Fsp3) is 0.318. The van der Waals surface area contributed by atoms with Gasteiger partial charge in [-0.15, -0.1) is 11.8 Å². The van der Waals surface area contributed by atoms with Gasteiger partial charge in [-0.3, -0.25) is 19.8 Å². The Labute approximate surface area is 189 Å². The number of aromatic nitrogens is 2. The number of carbonyl (C=O) groups excluding carboxylic acids is 1. The molecular formula is C22H23N5O4S. The number of thioether (sulfide) groups is 1. The fourth-order valence-electron chi connectivity index (χ4n) is 3.50. The second-order valence-corrected chi connectivity index (χ2v) is 8.57. The Kier molecular flexibility index (Phi) is 6.81. The molecule has 1 aromatic heterocycles. The highest BCUT2D eigenvalue weighted by Crippen LogP contribution is 2.23. The SMILES string of the molecule is Cc1ccccc1-c1noc(CN2CCN(C(=O)CSc3ccc([N+](=O)[O-])cc3)CC2)n1. The number of hydrogen-bond acceptors (Lipinski definition) is 8. The summed E-state index contributed by atoms with van der Waals surface area (Å²) in [5.74, 6) is 1.53. The van der Waals surface area contributed by atoms with Crippen LogP contribution in [0.5, 0.6) is 0 Å². The Bertz CT molecular complexity index is 1090. The molecule has 2 aromatic carbocycles. The van der Waals surface area contributed by atoms with Crippen LogP contribution in [0.15, 0.2) is 57.9 Å². The van der Waals surface area contributed by atoms with E-state index >= 15 is 0 Å². The van der Waals surface area contributed by atoms with Crippen LogP contribution < -0.4 is 0 Å². The zero-order valence-electron chi connectivity index (χ0n) is 17.6. The minimum Gasteiger partial charge on any atom is -0.339 e. The zero-order chi connectivity index (χ0) is 22.5. The molecule has 0 bridgehead atoms. The number of aryl methyl sites for hydroxylation is 1. The average molecular weight is 454 g/mol. The maximum absolute atomic E-state index is 12.5. The van der Waals surface area contributed by atoms with Crippen molar-refractivity contribution < 1.29 is 14.2 Å². The number of non-ortho nitro benzene ring substituents is 1. The number of rotatable bonds is 7. The Morgan fingerprint density at radius 2 is 1.84 bits per heavy atom. The second-order valence-electron chi connectivity index (χ2n) is 7.52. The van der Waals surface area contributed by atoms with E-state index in [0.29, 0.717) is 37.1 Å². The largest absolute Gasteiger partial charge is 0.339 e. The number of hydrogen-bond donors (Lipinski definition) is 0. The van der Waals surface area contributed by atoms with Gasteiger partial charge in [-0.25, -0.2) is 0 Å². The molecule has 1 aliphatic rings. The third-order valence-electron chi connectivity index (χ3n) is 5.35. The van der Waals surface area contributed by atoms with E-state index in [9.17, 15) is 14.9 Å². The molecule has 0 N–H and O–H groups in total. The van der Waals surface area contributed by atoms with Gasteiger partial charge in [-0.05, 0) is 24.6 Å². The first-order chi connectivity index (χ1) is 15.5. The van der Waals surface area contributed by atoms with E-state index in [2.05, 4.69) is 15.0 Å². The van der Waals surface area contributed by atoms with Crippen molar-refractivity contribution in [3.63, 3.8) is 0 Å². The van der Waals surface area contributed by atoms with Gasteiger partial charge in [0.15, 0.2) is 0 Å². The molecule has 0 spiro atoms. The molecule has 0 atom stereocenters. The molecule has 0 aliphatic carbocycles. The minimum atomic E-state index is -0.434. The summed E-state index contributed by atoms with van der Waals surface area (Å²) in [5.41, 5.74) is 2.10. The van der Waals surface area contributed by atoms with E-state index in [1.165, 1.54) is 23.9 Å². The van der Waals surface area contributed by atoms with Crippen LogP contribution in [0, 0.1) is 17.0 Å². The first kappa shape index (κ1) is 22.0. The van der Waals surface area contributed by atoms with Gasteiger partial charge < -0.3 is 9.42 Å². The molecule has 9 nitrogen and oxygen atoms in total. The summed E-state index contributed by atoms with van der Waals surface area (Å²) in [6.45, 7) is 5.31. The molecule has 166 valence electrons. The molecule has 1 aliphatic heterocycles. The highest BCUT2D eigenvalue weighted by Gasteiger charge is 2.23.